The fraction of sp³-hybridized carbons (Fsp3) is 0.350. The molecular weight excluding hydrogens is 386 g/mol. The summed E-state index contributed by atoms with van der Waals surface area (Å²) in [5.41, 5.74) is 0.639. The second-order valence-corrected chi connectivity index (χ2v) is 8.66. The molecule has 8 heteroatoms. The van der Waals surface area contributed by atoms with Gasteiger partial charge < -0.3 is 5.32 Å². The van der Waals surface area contributed by atoms with Crippen molar-refractivity contribution in [1.82, 2.24) is 5.32 Å². The Morgan fingerprint density at radius 3 is 2.29 bits per heavy atom. The molecular formula is C20H22F2N2O3S. The number of sulfonamides is 1. The van der Waals surface area contributed by atoms with Crippen LogP contribution in [-0.2, 0) is 10.0 Å². The van der Waals surface area contributed by atoms with Crippen molar-refractivity contribution in [2.75, 3.05) is 11.3 Å². The Balaban J connectivity index is 1.61. The van der Waals surface area contributed by atoms with Crippen molar-refractivity contribution in [3.05, 3.63) is 59.7 Å². The van der Waals surface area contributed by atoms with Crippen LogP contribution in [-0.4, -0.2) is 20.9 Å². The van der Waals surface area contributed by atoms with Gasteiger partial charge in [0.05, 0.1) is 4.90 Å². The monoisotopic (exact) mass is 408 g/mol. The van der Waals surface area contributed by atoms with E-state index in [1.807, 2.05) is 0 Å². The van der Waals surface area contributed by atoms with Gasteiger partial charge in [0, 0.05) is 17.8 Å². The molecule has 2 aromatic carbocycles. The topological polar surface area (TPSA) is 75.3 Å². The molecule has 28 heavy (non-hydrogen) atoms. The minimum atomic E-state index is -4.07. The van der Waals surface area contributed by atoms with E-state index in [0.29, 0.717) is 24.1 Å². The Morgan fingerprint density at radius 1 is 0.964 bits per heavy atom. The van der Waals surface area contributed by atoms with Gasteiger partial charge in [-0.15, -0.1) is 0 Å². The Hall–Kier alpha value is -2.48. The molecule has 0 radical (unpaired) electrons. The lowest BCUT2D eigenvalue weighted by Gasteiger charge is -2.21. The molecule has 1 aliphatic rings. The van der Waals surface area contributed by atoms with Gasteiger partial charge in [0.25, 0.3) is 15.9 Å². The van der Waals surface area contributed by atoms with Crippen LogP contribution < -0.4 is 10.0 Å². The molecule has 0 saturated heterocycles. The highest BCUT2D eigenvalue weighted by atomic mass is 32.2. The Labute approximate surface area is 163 Å². The smallest absolute Gasteiger partial charge is 0.261 e. The molecule has 1 saturated carbocycles. The average Bonchev–Trinajstić information content (AvgIpc) is 2.69. The van der Waals surface area contributed by atoms with E-state index in [-0.39, 0.29) is 16.5 Å². The zero-order valence-corrected chi connectivity index (χ0v) is 16.1. The van der Waals surface area contributed by atoms with Crippen LogP contribution >= 0.6 is 0 Å². The molecule has 1 amide bonds. The van der Waals surface area contributed by atoms with Crippen LogP contribution in [0.1, 0.15) is 42.5 Å². The van der Waals surface area contributed by atoms with E-state index in [1.165, 1.54) is 43.5 Å². The van der Waals surface area contributed by atoms with Crippen molar-refractivity contribution in [3.8, 4) is 0 Å². The largest absolute Gasteiger partial charge is 0.352 e. The van der Waals surface area contributed by atoms with Crippen molar-refractivity contribution in [3.63, 3.8) is 0 Å². The maximum Gasteiger partial charge on any atom is 0.261 e. The maximum atomic E-state index is 13.3. The summed E-state index contributed by atoms with van der Waals surface area (Å²) in [5.74, 6) is -2.06. The van der Waals surface area contributed by atoms with Crippen LogP contribution in [0.15, 0.2) is 47.4 Å². The average molecular weight is 408 g/mol. The number of hydrogen-bond donors (Lipinski definition) is 2. The zero-order chi connectivity index (χ0) is 20.1. The third kappa shape index (κ3) is 5.07. The summed E-state index contributed by atoms with van der Waals surface area (Å²) < 4.78 is 53.1. The molecule has 2 aromatic rings. The number of benzene rings is 2. The van der Waals surface area contributed by atoms with Crippen molar-refractivity contribution in [1.29, 1.82) is 0 Å². The predicted molar refractivity (Wildman–Crippen MR) is 103 cm³/mol. The molecule has 0 bridgehead atoms. The molecule has 2 N–H and O–H groups in total. The highest BCUT2D eigenvalue weighted by Crippen LogP contribution is 2.23. The van der Waals surface area contributed by atoms with Gasteiger partial charge in [0.15, 0.2) is 11.6 Å². The molecule has 150 valence electrons. The fourth-order valence-corrected chi connectivity index (χ4v) is 4.35. The first-order chi connectivity index (χ1) is 13.3. The van der Waals surface area contributed by atoms with Crippen LogP contribution in [0.4, 0.5) is 14.5 Å². The van der Waals surface area contributed by atoms with Crippen molar-refractivity contribution < 1.29 is 22.0 Å². The predicted octanol–water partition coefficient (Wildman–Crippen LogP) is 4.08. The van der Waals surface area contributed by atoms with Gasteiger partial charge in [-0.25, -0.2) is 17.2 Å². The van der Waals surface area contributed by atoms with E-state index in [4.69, 9.17) is 0 Å². The number of anilines is 1. The first kappa shape index (κ1) is 20.3. The lowest BCUT2D eigenvalue weighted by atomic mass is 9.89. The van der Waals surface area contributed by atoms with E-state index in [2.05, 4.69) is 10.0 Å². The van der Waals surface area contributed by atoms with Gasteiger partial charge in [-0.1, -0.05) is 19.3 Å². The van der Waals surface area contributed by atoms with Crippen LogP contribution in [0.25, 0.3) is 0 Å². The highest BCUT2D eigenvalue weighted by molar-refractivity contribution is 7.92. The summed E-state index contributed by atoms with van der Waals surface area (Å²) in [6.45, 7) is 0.642. The third-order valence-electron chi connectivity index (χ3n) is 4.88. The van der Waals surface area contributed by atoms with E-state index in [0.717, 1.165) is 25.0 Å². The second kappa shape index (κ2) is 8.68. The van der Waals surface area contributed by atoms with Gasteiger partial charge in [-0.05, 0) is 61.2 Å². The summed E-state index contributed by atoms with van der Waals surface area (Å²) in [5, 5.41) is 2.92. The lowest BCUT2D eigenvalue weighted by molar-refractivity contribution is 0.0943. The minimum absolute atomic E-state index is 0.208. The van der Waals surface area contributed by atoms with Gasteiger partial charge >= 0.3 is 0 Å². The van der Waals surface area contributed by atoms with E-state index in [9.17, 15) is 22.0 Å². The van der Waals surface area contributed by atoms with Crippen molar-refractivity contribution in [2.45, 2.75) is 37.0 Å². The van der Waals surface area contributed by atoms with Crippen molar-refractivity contribution >= 4 is 21.6 Å². The molecule has 0 heterocycles. The third-order valence-corrected chi connectivity index (χ3v) is 6.26. The molecule has 5 nitrogen and oxygen atoms in total. The Bertz CT molecular complexity index is 940. The molecule has 3 rings (SSSR count). The van der Waals surface area contributed by atoms with Crippen molar-refractivity contribution in [2.24, 2.45) is 5.92 Å². The Kier molecular flexibility index (Phi) is 6.28. The summed E-state index contributed by atoms with van der Waals surface area (Å²) in [4.78, 5) is 11.9. The van der Waals surface area contributed by atoms with Crippen LogP contribution in [0.2, 0.25) is 0 Å². The summed E-state index contributed by atoms with van der Waals surface area (Å²) in [6, 6.07) is 8.28. The molecule has 0 aromatic heterocycles. The lowest BCUT2D eigenvalue weighted by Crippen LogP contribution is -2.30. The molecule has 0 spiro atoms. The van der Waals surface area contributed by atoms with Gasteiger partial charge in [-0.2, -0.15) is 0 Å². The molecule has 0 aliphatic heterocycles. The highest BCUT2D eigenvalue weighted by Gasteiger charge is 2.18. The second-order valence-electron chi connectivity index (χ2n) is 6.97. The maximum absolute atomic E-state index is 13.3. The number of hydrogen-bond acceptors (Lipinski definition) is 3. The van der Waals surface area contributed by atoms with Gasteiger partial charge in [0.1, 0.15) is 0 Å². The number of halogens is 2. The Morgan fingerprint density at radius 2 is 1.64 bits per heavy atom. The number of nitrogens with one attached hydrogen (secondary N) is 2. The normalized spacial score (nSPS) is 15.2. The van der Waals surface area contributed by atoms with Gasteiger partial charge in [0.2, 0.25) is 0 Å². The van der Waals surface area contributed by atoms with Crippen LogP contribution in [0.3, 0.4) is 0 Å². The number of amides is 1. The first-order valence-corrected chi connectivity index (χ1v) is 10.7. The fourth-order valence-electron chi connectivity index (χ4n) is 3.28. The molecule has 0 atom stereocenters. The SMILES string of the molecule is O=C(NCC1CCCCC1)c1ccc(NS(=O)(=O)c2ccc(F)c(F)c2)cc1. The zero-order valence-electron chi connectivity index (χ0n) is 15.3. The summed E-state index contributed by atoms with van der Waals surface area (Å²) in [6.07, 6.45) is 5.92. The molecule has 1 fully saturated rings. The van der Waals surface area contributed by atoms with E-state index >= 15 is 0 Å². The van der Waals surface area contributed by atoms with E-state index in [1.54, 1.807) is 0 Å². The van der Waals surface area contributed by atoms with Crippen LogP contribution in [0.5, 0.6) is 0 Å². The number of carbonyl (C=O) groups excluding carboxylic acids is 1. The van der Waals surface area contributed by atoms with Gasteiger partial charge in [-0.3, -0.25) is 9.52 Å². The quantitative estimate of drug-likeness (QED) is 0.756. The summed E-state index contributed by atoms with van der Waals surface area (Å²) in [7, 11) is -4.07. The minimum Gasteiger partial charge on any atom is -0.352 e. The molecule has 1 aliphatic carbocycles. The number of carbonyl (C=O) groups is 1. The standard InChI is InChI=1S/C20H22F2N2O3S/c21-18-11-10-17(12-19(18)22)28(26,27)24-16-8-6-15(7-9-16)20(25)23-13-14-4-2-1-3-5-14/h6-12,14,24H,1-5,13H2,(H,23,25). The summed E-state index contributed by atoms with van der Waals surface area (Å²) >= 11 is 0. The number of rotatable bonds is 6. The van der Waals surface area contributed by atoms with E-state index < -0.39 is 21.7 Å². The first-order valence-electron chi connectivity index (χ1n) is 9.21. The molecule has 0 unspecified atom stereocenters. The van der Waals surface area contributed by atoms with Crippen LogP contribution in [0, 0.1) is 17.6 Å².